The number of nitrogens with one attached hydrogen (secondary N) is 1. The third-order valence-electron chi connectivity index (χ3n) is 4.68. The minimum Gasteiger partial charge on any atom is -0.496 e. The summed E-state index contributed by atoms with van der Waals surface area (Å²) in [6, 6.07) is 9.88. The van der Waals surface area contributed by atoms with Crippen LogP contribution in [0.3, 0.4) is 0 Å². The van der Waals surface area contributed by atoms with Gasteiger partial charge in [0.05, 0.1) is 36.1 Å². The number of aromatic nitrogens is 2. The summed E-state index contributed by atoms with van der Waals surface area (Å²) in [6.45, 7) is 2.56. The second-order valence-electron chi connectivity index (χ2n) is 8.06. The lowest BCUT2D eigenvalue weighted by Gasteiger charge is -2.21. The molecule has 0 radical (unpaired) electrons. The summed E-state index contributed by atoms with van der Waals surface area (Å²) >= 11 is 5.98. The Balaban J connectivity index is 2.20. The number of rotatable bonds is 6. The maximum atomic E-state index is 13.7. The number of carbonyl (C=O) groups excluding carboxylic acids is 1. The lowest BCUT2D eigenvalue weighted by molar-refractivity contribution is -0.137. The molecule has 0 saturated carbocycles. The molecule has 0 aliphatic rings. The van der Waals surface area contributed by atoms with Gasteiger partial charge in [0.25, 0.3) is 11.5 Å². The van der Waals surface area contributed by atoms with E-state index in [1.807, 2.05) is 0 Å². The lowest BCUT2D eigenvalue weighted by Crippen LogP contribution is -2.35. The Hall–Kier alpha value is -3.37. The number of nitrogens with zero attached hydrogens (tertiary/aromatic N) is 2. The van der Waals surface area contributed by atoms with E-state index < -0.39 is 28.8 Å². The number of hydrogen-bond acceptors (Lipinski definition) is 5. The molecule has 7 nitrogen and oxygen atoms in total. The van der Waals surface area contributed by atoms with Crippen molar-refractivity contribution in [2.24, 2.45) is 0 Å². The molecule has 34 heavy (non-hydrogen) atoms. The van der Waals surface area contributed by atoms with Crippen molar-refractivity contribution in [3.05, 3.63) is 75.0 Å². The summed E-state index contributed by atoms with van der Waals surface area (Å²) < 4.78 is 47.2. The van der Waals surface area contributed by atoms with Crippen LogP contribution in [0.5, 0.6) is 5.75 Å². The van der Waals surface area contributed by atoms with Crippen LogP contribution in [0.2, 0.25) is 5.02 Å². The fourth-order valence-corrected chi connectivity index (χ4v) is 3.42. The highest BCUT2D eigenvalue weighted by Gasteiger charge is 2.35. The van der Waals surface area contributed by atoms with Gasteiger partial charge in [0.1, 0.15) is 11.4 Å². The molecule has 0 fully saturated rings. The highest BCUT2D eigenvalue weighted by Crippen LogP contribution is 2.38. The van der Waals surface area contributed by atoms with Gasteiger partial charge in [0.2, 0.25) is 0 Å². The van der Waals surface area contributed by atoms with Gasteiger partial charge in [-0.25, -0.2) is 4.68 Å². The van der Waals surface area contributed by atoms with Gasteiger partial charge in [-0.1, -0.05) is 29.8 Å². The zero-order chi connectivity index (χ0) is 25.3. The molecule has 2 aromatic carbocycles. The molecule has 0 aliphatic heterocycles. The van der Waals surface area contributed by atoms with E-state index in [0.29, 0.717) is 0 Å². The molecular formula is C23H21ClF3N3O4. The van der Waals surface area contributed by atoms with Crippen LogP contribution in [0, 0.1) is 0 Å². The fourth-order valence-electron chi connectivity index (χ4n) is 3.25. The molecule has 1 amide bonds. The first-order valence-electron chi connectivity index (χ1n) is 9.96. The van der Waals surface area contributed by atoms with E-state index in [2.05, 4.69) is 10.4 Å². The van der Waals surface area contributed by atoms with Crippen LogP contribution in [-0.4, -0.2) is 33.5 Å². The average Bonchev–Trinajstić information content (AvgIpc) is 2.74. The molecular weight excluding hydrogens is 475 g/mol. The van der Waals surface area contributed by atoms with Crippen LogP contribution in [0.25, 0.3) is 11.3 Å². The zero-order valence-corrected chi connectivity index (χ0v) is 19.2. The maximum absolute atomic E-state index is 13.7. The third-order valence-corrected chi connectivity index (χ3v) is 4.91. The summed E-state index contributed by atoms with van der Waals surface area (Å²) in [5, 5.41) is 16.9. The Morgan fingerprint density at radius 3 is 2.47 bits per heavy atom. The molecule has 0 saturated heterocycles. The van der Waals surface area contributed by atoms with E-state index in [1.54, 1.807) is 0 Å². The van der Waals surface area contributed by atoms with Crippen LogP contribution in [0.4, 0.5) is 18.9 Å². The van der Waals surface area contributed by atoms with Crippen molar-refractivity contribution in [3.8, 4) is 17.0 Å². The number of halogens is 4. The van der Waals surface area contributed by atoms with Gasteiger partial charge in [-0.3, -0.25) is 9.59 Å². The number of benzene rings is 2. The van der Waals surface area contributed by atoms with E-state index in [-0.39, 0.29) is 39.8 Å². The standard InChI is InChI=1S/C23H21ClF3N3O4/c1-22(2,33)12-30-19(31)11-17(28-21(32)15-10-13(24)8-9-18(15)34-3)20(29-30)14-6-4-5-7-16(14)23(25,26)27/h4-11,33H,12H2,1-3H3,(H,28,32). The van der Waals surface area contributed by atoms with Crippen LogP contribution < -0.4 is 15.6 Å². The first-order chi connectivity index (χ1) is 15.8. The van der Waals surface area contributed by atoms with Crippen LogP contribution in [0.15, 0.2) is 53.3 Å². The molecule has 180 valence electrons. The number of ether oxygens (including phenoxy) is 1. The molecule has 11 heteroatoms. The van der Waals surface area contributed by atoms with Gasteiger partial charge in [-0.2, -0.15) is 18.3 Å². The van der Waals surface area contributed by atoms with Crippen molar-refractivity contribution in [2.75, 3.05) is 12.4 Å². The number of hydrogen-bond donors (Lipinski definition) is 2. The molecule has 0 bridgehead atoms. The topological polar surface area (TPSA) is 93.5 Å². The first-order valence-corrected chi connectivity index (χ1v) is 10.3. The Morgan fingerprint density at radius 1 is 1.18 bits per heavy atom. The minimum absolute atomic E-state index is 0.00530. The molecule has 1 aromatic heterocycles. The number of methoxy groups -OCH3 is 1. The van der Waals surface area contributed by atoms with Gasteiger partial charge in [-0.05, 0) is 38.1 Å². The van der Waals surface area contributed by atoms with Gasteiger partial charge < -0.3 is 15.2 Å². The Morgan fingerprint density at radius 2 is 1.85 bits per heavy atom. The van der Waals surface area contributed by atoms with Gasteiger partial charge in [0.15, 0.2) is 0 Å². The minimum atomic E-state index is -4.73. The molecule has 0 unspecified atom stereocenters. The van der Waals surface area contributed by atoms with E-state index in [9.17, 15) is 27.9 Å². The molecule has 0 aliphatic carbocycles. The zero-order valence-electron chi connectivity index (χ0n) is 18.4. The number of amides is 1. The van der Waals surface area contributed by atoms with Gasteiger partial charge in [0, 0.05) is 16.7 Å². The Kier molecular flexibility index (Phi) is 7.04. The molecule has 3 rings (SSSR count). The SMILES string of the molecule is COc1ccc(Cl)cc1C(=O)Nc1cc(=O)n(CC(C)(C)O)nc1-c1ccccc1C(F)(F)F. The van der Waals surface area contributed by atoms with E-state index in [4.69, 9.17) is 16.3 Å². The van der Waals surface area contributed by atoms with Crippen molar-refractivity contribution in [2.45, 2.75) is 32.2 Å². The van der Waals surface area contributed by atoms with Crippen molar-refractivity contribution >= 4 is 23.2 Å². The summed E-state index contributed by atoms with van der Waals surface area (Å²) in [6.07, 6.45) is -4.73. The number of anilines is 1. The van der Waals surface area contributed by atoms with Crippen LogP contribution in [-0.2, 0) is 12.7 Å². The molecule has 3 aromatic rings. The largest absolute Gasteiger partial charge is 0.496 e. The fraction of sp³-hybridized carbons (Fsp3) is 0.261. The van der Waals surface area contributed by atoms with Crippen molar-refractivity contribution < 1.29 is 27.8 Å². The Labute approximate surface area is 197 Å². The summed E-state index contributed by atoms with van der Waals surface area (Å²) in [5.41, 5.74) is -4.02. The highest BCUT2D eigenvalue weighted by molar-refractivity contribution is 6.31. The van der Waals surface area contributed by atoms with E-state index in [1.165, 1.54) is 57.4 Å². The molecule has 0 spiro atoms. The van der Waals surface area contributed by atoms with Crippen molar-refractivity contribution in [1.82, 2.24) is 9.78 Å². The second-order valence-corrected chi connectivity index (χ2v) is 8.49. The highest BCUT2D eigenvalue weighted by atomic mass is 35.5. The van der Waals surface area contributed by atoms with Crippen molar-refractivity contribution in [3.63, 3.8) is 0 Å². The van der Waals surface area contributed by atoms with Crippen molar-refractivity contribution in [1.29, 1.82) is 0 Å². The van der Waals surface area contributed by atoms with Gasteiger partial charge >= 0.3 is 6.18 Å². The Bertz CT molecular complexity index is 1280. The summed E-state index contributed by atoms with van der Waals surface area (Å²) in [5.74, 6) is -0.603. The lowest BCUT2D eigenvalue weighted by atomic mass is 10.0. The predicted octanol–water partition coefficient (Wildman–Crippen LogP) is 4.61. The monoisotopic (exact) mass is 495 g/mol. The number of carbonyl (C=O) groups is 1. The normalized spacial score (nSPS) is 11.9. The van der Waals surface area contributed by atoms with Gasteiger partial charge in [-0.15, -0.1) is 0 Å². The van der Waals surface area contributed by atoms with Crippen LogP contribution >= 0.6 is 11.6 Å². The van der Waals surface area contributed by atoms with Crippen LogP contribution in [0.1, 0.15) is 29.8 Å². The van der Waals surface area contributed by atoms with E-state index in [0.717, 1.165) is 16.8 Å². The maximum Gasteiger partial charge on any atom is 0.417 e. The number of alkyl halides is 3. The van der Waals surface area contributed by atoms with E-state index >= 15 is 0 Å². The first kappa shape index (κ1) is 25.3. The number of aliphatic hydroxyl groups is 1. The second kappa shape index (κ2) is 9.47. The summed E-state index contributed by atoms with van der Waals surface area (Å²) in [7, 11) is 1.34. The average molecular weight is 496 g/mol. The molecule has 2 N–H and O–H groups in total. The smallest absolute Gasteiger partial charge is 0.417 e. The molecule has 0 atom stereocenters. The molecule has 1 heterocycles. The quantitative estimate of drug-likeness (QED) is 0.521. The summed E-state index contributed by atoms with van der Waals surface area (Å²) in [4.78, 5) is 25.6. The third kappa shape index (κ3) is 5.75. The predicted molar refractivity (Wildman–Crippen MR) is 121 cm³/mol.